The molecule has 3 aromatic carbocycles. The summed E-state index contributed by atoms with van der Waals surface area (Å²) in [6.45, 7) is 2.36. The maximum atomic E-state index is 2.52. The van der Waals surface area contributed by atoms with Crippen molar-refractivity contribution >= 4 is 5.57 Å². The third kappa shape index (κ3) is 3.11. The standard InChI is InChI=1S/C25H25N/c1-19-23(20-12-6-3-7-13-20)18-24(21-14-8-4-9-15-21)26(2)25(19)22-16-10-5-11-17-22/h3-19,24-25H,1-2H3/t19-,24-,25-/m0/s1. The van der Waals surface area contributed by atoms with E-state index in [2.05, 4.69) is 116 Å². The van der Waals surface area contributed by atoms with E-state index in [4.69, 9.17) is 0 Å². The summed E-state index contributed by atoms with van der Waals surface area (Å²) < 4.78 is 0. The van der Waals surface area contributed by atoms with Gasteiger partial charge in [-0.25, -0.2) is 0 Å². The first-order chi connectivity index (χ1) is 12.8. The molecule has 1 aliphatic rings. The molecule has 0 saturated carbocycles. The van der Waals surface area contributed by atoms with E-state index in [0.29, 0.717) is 12.0 Å². The normalized spacial score (nSPS) is 23.5. The molecular formula is C25H25N. The van der Waals surface area contributed by atoms with Gasteiger partial charge in [-0.1, -0.05) is 104 Å². The van der Waals surface area contributed by atoms with Gasteiger partial charge in [-0.2, -0.15) is 0 Å². The fourth-order valence-electron chi connectivity index (χ4n) is 4.28. The molecule has 1 aliphatic heterocycles. The highest BCUT2D eigenvalue weighted by atomic mass is 15.2. The molecule has 0 amide bonds. The molecule has 3 aromatic rings. The van der Waals surface area contributed by atoms with Crippen molar-refractivity contribution in [2.75, 3.05) is 7.05 Å². The summed E-state index contributed by atoms with van der Waals surface area (Å²) >= 11 is 0. The number of rotatable bonds is 3. The average molecular weight is 339 g/mol. The number of hydrogen-bond donors (Lipinski definition) is 0. The third-order valence-corrected chi connectivity index (χ3v) is 5.57. The first-order valence-corrected chi connectivity index (χ1v) is 9.34. The summed E-state index contributed by atoms with van der Waals surface area (Å²) in [6, 6.07) is 33.2. The number of nitrogens with zero attached hydrogens (tertiary/aromatic N) is 1. The van der Waals surface area contributed by atoms with Crippen molar-refractivity contribution < 1.29 is 0 Å². The predicted octanol–water partition coefficient (Wildman–Crippen LogP) is 6.13. The van der Waals surface area contributed by atoms with Gasteiger partial charge in [-0.3, -0.25) is 4.90 Å². The monoisotopic (exact) mass is 339 g/mol. The molecule has 0 aromatic heterocycles. The lowest BCUT2D eigenvalue weighted by molar-refractivity contribution is 0.162. The lowest BCUT2D eigenvalue weighted by Gasteiger charge is -2.43. The topological polar surface area (TPSA) is 3.24 Å². The minimum atomic E-state index is 0.271. The smallest absolute Gasteiger partial charge is 0.0540 e. The zero-order valence-corrected chi connectivity index (χ0v) is 15.4. The van der Waals surface area contributed by atoms with Crippen molar-refractivity contribution in [2.24, 2.45) is 5.92 Å². The van der Waals surface area contributed by atoms with Gasteiger partial charge in [0.05, 0.1) is 6.04 Å². The van der Waals surface area contributed by atoms with Crippen LogP contribution in [0.1, 0.15) is 35.7 Å². The number of likely N-dealkylation sites (N-methyl/N-ethyl adjacent to an activating group) is 1. The van der Waals surface area contributed by atoms with E-state index < -0.39 is 0 Å². The molecule has 1 nitrogen and oxygen atoms in total. The maximum Gasteiger partial charge on any atom is 0.0540 e. The zero-order valence-electron chi connectivity index (χ0n) is 15.4. The van der Waals surface area contributed by atoms with Crippen LogP contribution in [0, 0.1) is 5.92 Å². The summed E-state index contributed by atoms with van der Waals surface area (Å²) in [5.74, 6) is 0.421. The Morgan fingerprint density at radius 2 is 1.15 bits per heavy atom. The second kappa shape index (κ2) is 7.31. The van der Waals surface area contributed by atoms with Crippen LogP contribution in [0.5, 0.6) is 0 Å². The molecule has 130 valence electrons. The lowest BCUT2D eigenvalue weighted by atomic mass is 9.78. The lowest BCUT2D eigenvalue weighted by Crippen LogP contribution is -2.36. The largest absolute Gasteiger partial charge is 0.288 e. The molecule has 0 bridgehead atoms. The van der Waals surface area contributed by atoms with Gasteiger partial charge >= 0.3 is 0 Å². The molecule has 26 heavy (non-hydrogen) atoms. The van der Waals surface area contributed by atoms with Crippen molar-refractivity contribution in [3.05, 3.63) is 114 Å². The zero-order chi connectivity index (χ0) is 17.9. The van der Waals surface area contributed by atoms with Gasteiger partial charge in [0, 0.05) is 12.0 Å². The van der Waals surface area contributed by atoms with Crippen molar-refractivity contribution in [1.29, 1.82) is 0 Å². The Hall–Kier alpha value is -2.64. The summed E-state index contributed by atoms with van der Waals surface area (Å²) in [6.07, 6.45) is 2.45. The van der Waals surface area contributed by atoms with E-state index in [1.165, 1.54) is 22.3 Å². The van der Waals surface area contributed by atoms with Crippen molar-refractivity contribution in [3.8, 4) is 0 Å². The van der Waals surface area contributed by atoms with Crippen LogP contribution in [0.25, 0.3) is 5.57 Å². The Morgan fingerprint density at radius 3 is 1.73 bits per heavy atom. The van der Waals surface area contributed by atoms with Gasteiger partial charge in [-0.05, 0) is 29.3 Å². The summed E-state index contributed by atoms with van der Waals surface area (Å²) in [5, 5.41) is 0. The van der Waals surface area contributed by atoms with Crippen LogP contribution >= 0.6 is 0 Å². The van der Waals surface area contributed by atoms with Crippen LogP contribution in [-0.4, -0.2) is 11.9 Å². The SMILES string of the molecule is C[C@H]1C(c2ccccc2)=C[C@@H](c2ccccc2)N(C)[C@@H]1c1ccccc1. The Balaban J connectivity index is 1.84. The quantitative estimate of drug-likeness (QED) is 0.554. The average Bonchev–Trinajstić information content (AvgIpc) is 2.70. The van der Waals surface area contributed by atoms with Gasteiger partial charge in [-0.15, -0.1) is 0 Å². The first kappa shape index (κ1) is 16.8. The van der Waals surface area contributed by atoms with Crippen LogP contribution in [0.2, 0.25) is 0 Å². The predicted molar refractivity (Wildman–Crippen MR) is 110 cm³/mol. The third-order valence-electron chi connectivity index (χ3n) is 5.57. The fraction of sp³-hybridized carbons (Fsp3) is 0.200. The summed E-state index contributed by atoms with van der Waals surface area (Å²) in [4.78, 5) is 2.52. The van der Waals surface area contributed by atoms with Gasteiger partial charge in [0.1, 0.15) is 0 Å². The molecule has 0 aliphatic carbocycles. The highest BCUT2D eigenvalue weighted by Gasteiger charge is 2.35. The van der Waals surface area contributed by atoms with Crippen LogP contribution in [0.3, 0.4) is 0 Å². The Kier molecular flexibility index (Phi) is 4.73. The Bertz CT molecular complexity index is 868. The highest BCUT2D eigenvalue weighted by molar-refractivity contribution is 5.70. The van der Waals surface area contributed by atoms with Crippen molar-refractivity contribution in [3.63, 3.8) is 0 Å². The second-order valence-corrected chi connectivity index (χ2v) is 7.15. The Morgan fingerprint density at radius 1 is 0.654 bits per heavy atom. The molecule has 0 spiro atoms. The molecule has 1 heterocycles. The van der Waals surface area contributed by atoms with E-state index in [1.54, 1.807) is 0 Å². The number of benzene rings is 3. The van der Waals surface area contributed by atoms with Gasteiger partial charge in [0.15, 0.2) is 0 Å². The van der Waals surface area contributed by atoms with Crippen LogP contribution in [0.15, 0.2) is 97.1 Å². The molecule has 0 radical (unpaired) electrons. The second-order valence-electron chi connectivity index (χ2n) is 7.15. The Labute approximate surface area is 156 Å². The van der Waals surface area contributed by atoms with E-state index in [0.717, 1.165) is 0 Å². The molecule has 0 fully saturated rings. The van der Waals surface area contributed by atoms with E-state index >= 15 is 0 Å². The molecule has 4 rings (SSSR count). The molecule has 0 saturated heterocycles. The van der Waals surface area contributed by atoms with E-state index in [9.17, 15) is 0 Å². The number of hydrogen-bond acceptors (Lipinski definition) is 1. The summed E-state index contributed by atoms with van der Waals surface area (Å²) in [7, 11) is 2.25. The molecule has 1 heteroatoms. The van der Waals surface area contributed by atoms with E-state index in [1.807, 2.05) is 0 Å². The van der Waals surface area contributed by atoms with Gasteiger partial charge < -0.3 is 0 Å². The van der Waals surface area contributed by atoms with Crippen molar-refractivity contribution in [2.45, 2.75) is 19.0 Å². The molecule has 0 unspecified atom stereocenters. The maximum absolute atomic E-state index is 2.52. The molecular weight excluding hydrogens is 314 g/mol. The van der Waals surface area contributed by atoms with Crippen LogP contribution in [-0.2, 0) is 0 Å². The molecule has 3 atom stereocenters. The van der Waals surface area contributed by atoms with Crippen LogP contribution in [0.4, 0.5) is 0 Å². The van der Waals surface area contributed by atoms with E-state index in [-0.39, 0.29) is 6.04 Å². The first-order valence-electron chi connectivity index (χ1n) is 9.34. The van der Waals surface area contributed by atoms with Crippen molar-refractivity contribution in [1.82, 2.24) is 4.90 Å². The fourth-order valence-corrected chi connectivity index (χ4v) is 4.28. The minimum Gasteiger partial charge on any atom is -0.288 e. The highest BCUT2D eigenvalue weighted by Crippen LogP contribution is 2.46. The van der Waals surface area contributed by atoms with Gasteiger partial charge in [0.25, 0.3) is 0 Å². The molecule has 0 N–H and O–H groups in total. The van der Waals surface area contributed by atoms with Crippen LogP contribution < -0.4 is 0 Å². The summed E-state index contributed by atoms with van der Waals surface area (Å²) in [5.41, 5.74) is 5.49. The minimum absolute atomic E-state index is 0.271. The van der Waals surface area contributed by atoms with Gasteiger partial charge in [0.2, 0.25) is 0 Å².